The van der Waals surface area contributed by atoms with E-state index in [1.54, 1.807) is 0 Å². The first-order valence-corrected chi connectivity index (χ1v) is 11.0. The van der Waals surface area contributed by atoms with E-state index >= 15 is 0 Å². The number of aryl methyl sites for hydroxylation is 1. The SMILES string of the molecule is CN(C)CCNC(=O)c1ccc2[nH]c3c(NCCN(C)C)c4ccccc4[n+](C)c3c2c1. The minimum atomic E-state index is -0.0455. The van der Waals surface area contributed by atoms with Crippen LogP contribution in [0.5, 0.6) is 0 Å². The first-order chi connectivity index (χ1) is 15.4. The molecule has 0 radical (unpaired) electrons. The lowest BCUT2D eigenvalue weighted by molar-refractivity contribution is -0.616. The minimum Gasteiger partial charge on any atom is -0.381 e. The first-order valence-electron chi connectivity index (χ1n) is 11.0. The summed E-state index contributed by atoms with van der Waals surface area (Å²) in [6.07, 6.45) is 0. The summed E-state index contributed by atoms with van der Waals surface area (Å²) in [6.45, 7) is 3.21. The van der Waals surface area contributed by atoms with Gasteiger partial charge in [-0.3, -0.25) is 4.79 Å². The highest BCUT2D eigenvalue weighted by molar-refractivity contribution is 6.14. The number of likely N-dealkylation sites (N-methyl/N-ethyl adjacent to an activating group) is 2. The molecule has 2 heterocycles. The van der Waals surface area contributed by atoms with Crippen molar-refractivity contribution in [1.29, 1.82) is 0 Å². The normalized spacial score (nSPS) is 11.8. The monoisotopic (exact) mass is 433 g/mol. The average Bonchev–Trinajstić information content (AvgIpc) is 3.14. The fraction of sp³-hybridized carbons (Fsp3) is 0.360. The number of pyridine rings is 1. The largest absolute Gasteiger partial charge is 0.381 e. The summed E-state index contributed by atoms with van der Waals surface area (Å²) in [6, 6.07) is 14.3. The molecule has 0 fully saturated rings. The van der Waals surface area contributed by atoms with Crippen molar-refractivity contribution >= 4 is 44.4 Å². The van der Waals surface area contributed by atoms with Gasteiger partial charge in [-0.05, 0) is 52.5 Å². The van der Waals surface area contributed by atoms with E-state index in [0.29, 0.717) is 12.1 Å². The molecule has 4 rings (SSSR count). The van der Waals surface area contributed by atoms with Crippen LogP contribution in [-0.4, -0.2) is 75.1 Å². The van der Waals surface area contributed by atoms with E-state index < -0.39 is 0 Å². The lowest BCUT2D eigenvalue weighted by Crippen LogP contribution is -2.31. The fourth-order valence-corrected chi connectivity index (χ4v) is 4.16. The van der Waals surface area contributed by atoms with Gasteiger partial charge >= 0.3 is 0 Å². The Labute approximate surface area is 189 Å². The molecule has 1 amide bonds. The van der Waals surface area contributed by atoms with Gasteiger partial charge in [-0.25, -0.2) is 0 Å². The highest BCUT2D eigenvalue weighted by Gasteiger charge is 2.23. The Morgan fingerprint density at radius 3 is 2.44 bits per heavy atom. The Bertz CT molecular complexity index is 1270. The van der Waals surface area contributed by atoms with Gasteiger partial charge in [-0.15, -0.1) is 0 Å². The molecule has 2 aromatic carbocycles. The number of nitrogens with one attached hydrogen (secondary N) is 3. The number of hydrogen-bond donors (Lipinski definition) is 3. The van der Waals surface area contributed by atoms with Crippen LogP contribution in [-0.2, 0) is 7.05 Å². The van der Waals surface area contributed by atoms with Crippen molar-refractivity contribution in [3.63, 3.8) is 0 Å². The molecule has 4 aromatic rings. The molecule has 2 aromatic heterocycles. The summed E-state index contributed by atoms with van der Waals surface area (Å²) in [5.74, 6) is -0.0455. The standard InChI is InChI=1S/C25H32N6O/c1-29(2)14-12-26-22-18-8-6-7-9-21(18)31(5)24-19-16-17(10-11-20(19)28-23(22)24)25(32)27-13-15-30(3)4/h6-11,16H,12-15H2,1-5H3,(H2,26,27,28,32)/p+1. The second kappa shape index (κ2) is 9.14. The van der Waals surface area contributed by atoms with Crippen LogP contribution in [0.4, 0.5) is 5.69 Å². The van der Waals surface area contributed by atoms with Crippen LogP contribution < -0.4 is 15.2 Å². The zero-order valence-electron chi connectivity index (χ0n) is 19.6. The smallest absolute Gasteiger partial charge is 0.251 e. The second-order valence-electron chi connectivity index (χ2n) is 8.85. The van der Waals surface area contributed by atoms with E-state index in [1.807, 2.05) is 32.3 Å². The number of aromatic amines is 1. The van der Waals surface area contributed by atoms with Crippen molar-refractivity contribution in [2.24, 2.45) is 7.05 Å². The molecule has 0 aliphatic heterocycles. The molecule has 168 valence electrons. The van der Waals surface area contributed by atoms with Gasteiger partial charge in [0.05, 0.1) is 22.0 Å². The van der Waals surface area contributed by atoms with Crippen LogP contribution in [0.2, 0.25) is 0 Å². The molecule has 32 heavy (non-hydrogen) atoms. The molecule has 0 saturated heterocycles. The Hall–Kier alpha value is -3.16. The van der Waals surface area contributed by atoms with Gasteiger partial charge in [-0.2, -0.15) is 4.57 Å². The molecular weight excluding hydrogens is 400 g/mol. The van der Waals surface area contributed by atoms with Crippen LogP contribution >= 0.6 is 0 Å². The van der Waals surface area contributed by atoms with Gasteiger partial charge < -0.3 is 25.4 Å². The van der Waals surface area contributed by atoms with E-state index in [4.69, 9.17) is 0 Å². The predicted octanol–water partition coefficient (Wildman–Crippen LogP) is 2.56. The Kier molecular flexibility index (Phi) is 6.30. The number of hydrogen-bond acceptors (Lipinski definition) is 4. The Morgan fingerprint density at radius 1 is 0.969 bits per heavy atom. The summed E-state index contributed by atoms with van der Waals surface area (Å²) < 4.78 is 2.22. The van der Waals surface area contributed by atoms with E-state index in [1.165, 1.54) is 5.39 Å². The van der Waals surface area contributed by atoms with Crippen molar-refractivity contribution in [2.75, 3.05) is 59.7 Å². The third-order valence-corrected chi connectivity index (χ3v) is 5.86. The maximum absolute atomic E-state index is 12.7. The number of fused-ring (bicyclic) bond motifs is 4. The molecule has 3 N–H and O–H groups in total. The lowest BCUT2D eigenvalue weighted by Gasteiger charge is -2.13. The van der Waals surface area contributed by atoms with Gasteiger partial charge in [0.15, 0.2) is 0 Å². The van der Waals surface area contributed by atoms with Crippen molar-refractivity contribution < 1.29 is 9.36 Å². The van der Waals surface area contributed by atoms with Gasteiger partial charge in [0.25, 0.3) is 5.91 Å². The summed E-state index contributed by atoms with van der Waals surface area (Å²) >= 11 is 0. The minimum absolute atomic E-state index is 0.0455. The highest BCUT2D eigenvalue weighted by Crippen LogP contribution is 2.33. The van der Waals surface area contributed by atoms with Gasteiger partial charge in [0, 0.05) is 37.8 Å². The average molecular weight is 434 g/mol. The molecule has 0 aliphatic carbocycles. The van der Waals surface area contributed by atoms with E-state index in [-0.39, 0.29) is 5.91 Å². The molecule has 7 nitrogen and oxygen atoms in total. The van der Waals surface area contributed by atoms with E-state index in [0.717, 1.165) is 52.8 Å². The Balaban J connectivity index is 1.83. The molecule has 0 saturated carbocycles. The number of aromatic nitrogens is 2. The number of para-hydroxylation sites is 1. The number of H-pyrrole nitrogens is 1. The maximum Gasteiger partial charge on any atom is 0.251 e. The molecule has 0 bridgehead atoms. The number of carbonyl (C=O) groups is 1. The molecule has 0 unspecified atom stereocenters. The number of carbonyl (C=O) groups excluding carboxylic acids is 1. The number of anilines is 1. The van der Waals surface area contributed by atoms with Crippen molar-refractivity contribution in [1.82, 2.24) is 20.1 Å². The van der Waals surface area contributed by atoms with Crippen LogP contribution in [0.1, 0.15) is 10.4 Å². The van der Waals surface area contributed by atoms with E-state index in [2.05, 4.69) is 75.4 Å². The zero-order valence-corrected chi connectivity index (χ0v) is 19.6. The number of nitrogens with zero attached hydrogens (tertiary/aromatic N) is 3. The summed E-state index contributed by atoms with van der Waals surface area (Å²) in [7, 11) is 10.2. The number of rotatable bonds is 8. The first kappa shape index (κ1) is 22.0. The van der Waals surface area contributed by atoms with Gasteiger partial charge in [-0.1, -0.05) is 12.1 Å². The topological polar surface area (TPSA) is 67.3 Å². The third-order valence-electron chi connectivity index (χ3n) is 5.86. The molecule has 0 aliphatic rings. The number of amides is 1. The van der Waals surface area contributed by atoms with Crippen molar-refractivity contribution in [2.45, 2.75) is 0 Å². The van der Waals surface area contributed by atoms with Crippen LogP contribution in [0.15, 0.2) is 42.5 Å². The van der Waals surface area contributed by atoms with Crippen molar-refractivity contribution in [3.8, 4) is 0 Å². The van der Waals surface area contributed by atoms with Crippen LogP contribution in [0.3, 0.4) is 0 Å². The van der Waals surface area contributed by atoms with Crippen LogP contribution in [0, 0.1) is 0 Å². The van der Waals surface area contributed by atoms with Crippen LogP contribution in [0.25, 0.3) is 32.8 Å². The number of benzene rings is 2. The summed E-state index contributed by atoms with van der Waals surface area (Å²) in [4.78, 5) is 20.6. The summed E-state index contributed by atoms with van der Waals surface area (Å²) in [5.41, 5.74) is 6.09. The molecular formula is C25H33N6O+. The van der Waals surface area contributed by atoms with Gasteiger partial charge in [0.2, 0.25) is 11.0 Å². The second-order valence-corrected chi connectivity index (χ2v) is 8.85. The Morgan fingerprint density at radius 2 is 1.69 bits per heavy atom. The molecule has 0 atom stereocenters. The summed E-state index contributed by atoms with van der Waals surface area (Å²) in [5, 5.41) is 8.89. The van der Waals surface area contributed by atoms with E-state index in [9.17, 15) is 4.79 Å². The molecule has 0 spiro atoms. The quantitative estimate of drug-likeness (QED) is 0.374. The maximum atomic E-state index is 12.7. The zero-order chi connectivity index (χ0) is 22.8. The lowest BCUT2D eigenvalue weighted by atomic mass is 10.1. The van der Waals surface area contributed by atoms with Gasteiger partial charge in [0.1, 0.15) is 12.6 Å². The third kappa shape index (κ3) is 4.26. The molecule has 7 heteroatoms. The predicted molar refractivity (Wildman–Crippen MR) is 132 cm³/mol. The fourth-order valence-electron chi connectivity index (χ4n) is 4.16. The van der Waals surface area contributed by atoms with Crippen molar-refractivity contribution in [3.05, 3.63) is 48.0 Å². The highest BCUT2D eigenvalue weighted by atomic mass is 16.1.